The van der Waals surface area contributed by atoms with Gasteiger partial charge in [-0.25, -0.2) is 4.39 Å². The number of Topliss-reactive ketones (excluding diaryl/α,β-unsaturated/α-hetero) is 1. The smallest absolute Gasteiger partial charge is 0.295 e. The van der Waals surface area contributed by atoms with E-state index in [9.17, 15) is 23.9 Å². The standard InChI is InChI=1S/C21H18ClFN2O4/c1-12(26)24-10-11-25-18(15-4-2-3-5-16(15)23)17(20(28)21(25)29)19(27)13-6-8-14(22)9-7-13/h2-9,18,27H,10-11H2,1H3,(H,24,26)/b19-17-. The average Bonchev–Trinajstić information content (AvgIpc) is 2.93. The molecule has 0 bridgehead atoms. The first-order chi connectivity index (χ1) is 13.8. The van der Waals surface area contributed by atoms with E-state index in [0.29, 0.717) is 5.02 Å². The van der Waals surface area contributed by atoms with Gasteiger partial charge in [0.1, 0.15) is 11.6 Å². The van der Waals surface area contributed by atoms with Crippen molar-refractivity contribution in [2.45, 2.75) is 13.0 Å². The Labute approximate surface area is 171 Å². The number of amides is 2. The van der Waals surface area contributed by atoms with Crippen LogP contribution in [0.25, 0.3) is 5.76 Å². The third-order valence-electron chi connectivity index (χ3n) is 4.58. The molecule has 2 aromatic carbocycles. The van der Waals surface area contributed by atoms with Crippen molar-refractivity contribution in [2.75, 3.05) is 13.1 Å². The van der Waals surface area contributed by atoms with Crippen LogP contribution in [0.3, 0.4) is 0 Å². The van der Waals surface area contributed by atoms with Crippen molar-refractivity contribution >= 4 is 35.0 Å². The fraction of sp³-hybridized carbons (Fsp3) is 0.190. The second kappa shape index (κ2) is 8.45. The van der Waals surface area contributed by atoms with Crippen molar-refractivity contribution in [3.63, 3.8) is 0 Å². The lowest BCUT2D eigenvalue weighted by Crippen LogP contribution is -2.37. The topological polar surface area (TPSA) is 86.7 Å². The number of nitrogens with one attached hydrogen (secondary N) is 1. The summed E-state index contributed by atoms with van der Waals surface area (Å²) in [6.07, 6.45) is 0. The predicted molar refractivity (Wildman–Crippen MR) is 106 cm³/mol. The van der Waals surface area contributed by atoms with Gasteiger partial charge >= 0.3 is 0 Å². The average molecular weight is 417 g/mol. The number of rotatable bonds is 5. The summed E-state index contributed by atoms with van der Waals surface area (Å²) in [5.74, 6) is -3.14. The zero-order chi connectivity index (χ0) is 21.1. The lowest BCUT2D eigenvalue weighted by molar-refractivity contribution is -0.140. The molecule has 0 radical (unpaired) electrons. The van der Waals surface area contributed by atoms with E-state index >= 15 is 0 Å². The summed E-state index contributed by atoms with van der Waals surface area (Å²) in [6.45, 7) is 1.37. The second-order valence-electron chi connectivity index (χ2n) is 6.50. The van der Waals surface area contributed by atoms with E-state index in [0.717, 1.165) is 4.90 Å². The maximum atomic E-state index is 14.6. The monoisotopic (exact) mass is 416 g/mol. The van der Waals surface area contributed by atoms with Crippen LogP contribution in [-0.2, 0) is 14.4 Å². The van der Waals surface area contributed by atoms with E-state index < -0.39 is 29.3 Å². The van der Waals surface area contributed by atoms with Gasteiger partial charge in [-0.1, -0.05) is 29.8 Å². The number of aliphatic hydroxyl groups is 1. The summed E-state index contributed by atoms with van der Waals surface area (Å²) in [4.78, 5) is 37.7. The summed E-state index contributed by atoms with van der Waals surface area (Å²) >= 11 is 5.87. The molecule has 1 aliphatic heterocycles. The van der Waals surface area contributed by atoms with Gasteiger partial charge in [-0.05, 0) is 30.3 Å². The molecule has 29 heavy (non-hydrogen) atoms. The van der Waals surface area contributed by atoms with E-state index in [2.05, 4.69) is 5.32 Å². The van der Waals surface area contributed by atoms with Crippen LogP contribution in [0.2, 0.25) is 5.02 Å². The third kappa shape index (κ3) is 4.14. The van der Waals surface area contributed by atoms with Crippen LogP contribution in [0.4, 0.5) is 4.39 Å². The first kappa shape index (κ1) is 20.5. The van der Waals surface area contributed by atoms with Gasteiger partial charge in [0, 0.05) is 36.2 Å². The minimum Gasteiger partial charge on any atom is -0.507 e. The molecule has 1 aliphatic rings. The predicted octanol–water partition coefficient (Wildman–Crippen LogP) is 3.04. The molecule has 0 spiro atoms. The molecule has 1 unspecified atom stereocenters. The Morgan fingerprint density at radius 2 is 1.83 bits per heavy atom. The van der Waals surface area contributed by atoms with E-state index in [1.807, 2.05) is 0 Å². The van der Waals surface area contributed by atoms with Crippen molar-refractivity contribution in [2.24, 2.45) is 0 Å². The van der Waals surface area contributed by atoms with Gasteiger partial charge in [-0.3, -0.25) is 14.4 Å². The molecular weight excluding hydrogens is 399 g/mol. The number of carbonyl (C=O) groups excluding carboxylic acids is 3. The van der Waals surface area contributed by atoms with Gasteiger partial charge < -0.3 is 15.3 Å². The highest BCUT2D eigenvalue weighted by atomic mass is 35.5. The van der Waals surface area contributed by atoms with Crippen LogP contribution in [0.15, 0.2) is 54.1 Å². The molecule has 2 amide bonds. The van der Waals surface area contributed by atoms with Gasteiger partial charge in [-0.2, -0.15) is 0 Å². The normalized spacial score (nSPS) is 18.2. The molecule has 8 heteroatoms. The van der Waals surface area contributed by atoms with E-state index in [-0.39, 0.29) is 35.7 Å². The quantitative estimate of drug-likeness (QED) is 0.445. The Morgan fingerprint density at radius 1 is 1.17 bits per heavy atom. The molecule has 0 aromatic heterocycles. The molecule has 1 heterocycles. The number of nitrogens with zero attached hydrogens (tertiary/aromatic N) is 1. The lowest BCUT2D eigenvalue weighted by atomic mass is 9.95. The Morgan fingerprint density at radius 3 is 2.45 bits per heavy atom. The third-order valence-corrected chi connectivity index (χ3v) is 4.84. The van der Waals surface area contributed by atoms with Crippen LogP contribution in [0.5, 0.6) is 0 Å². The molecule has 2 N–H and O–H groups in total. The largest absolute Gasteiger partial charge is 0.507 e. The van der Waals surface area contributed by atoms with Crippen molar-refractivity contribution < 1.29 is 23.9 Å². The molecule has 1 atom stereocenters. The molecule has 150 valence electrons. The number of carbonyl (C=O) groups is 3. The van der Waals surface area contributed by atoms with Crippen molar-refractivity contribution in [3.8, 4) is 0 Å². The number of hydrogen-bond donors (Lipinski definition) is 2. The molecular formula is C21H18ClFN2O4. The summed E-state index contributed by atoms with van der Waals surface area (Å²) in [5.41, 5.74) is 0.130. The van der Waals surface area contributed by atoms with Crippen LogP contribution < -0.4 is 5.32 Å². The van der Waals surface area contributed by atoms with E-state index in [1.54, 1.807) is 6.07 Å². The van der Waals surface area contributed by atoms with Crippen LogP contribution in [-0.4, -0.2) is 40.7 Å². The van der Waals surface area contributed by atoms with E-state index in [4.69, 9.17) is 11.6 Å². The Bertz CT molecular complexity index is 1000. The maximum absolute atomic E-state index is 14.6. The minimum atomic E-state index is -1.12. The van der Waals surface area contributed by atoms with Crippen molar-refractivity contribution in [1.29, 1.82) is 0 Å². The van der Waals surface area contributed by atoms with Crippen LogP contribution in [0, 0.1) is 5.82 Å². The van der Waals surface area contributed by atoms with Gasteiger partial charge in [0.15, 0.2) is 0 Å². The molecule has 0 aliphatic carbocycles. The molecule has 2 aromatic rings. The Hall–Kier alpha value is -3.19. The number of benzene rings is 2. The SMILES string of the molecule is CC(=O)NCCN1C(=O)C(=O)/C(=C(\O)c2ccc(Cl)cc2)C1c1ccccc1F. The summed E-state index contributed by atoms with van der Waals surface area (Å²) in [6, 6.07) is 10.7. The number of likely N-dealkylation sites (tertiary alicyclic amines) is 1. The summed E-state index contributed by atoms with van der Waals surface area (Å²) in [5, 5.41) is 13.8. The maximum Gasteiger partial charge on any atom is 0.295 e. The lowest BCUT2D eigenvalue weighted by Gasteiger charge is -2.25. The zero-order valence-electron chi connectivity index (χ0n) is 15.5. The van der Waals surface area contributed by atoms with Gasteiger partial charge in [-0.15, -0.1) is 0 Å². The number of hydrogen-bond acceptors (Lipinski definition) is 4. The number of halogens is 2. The van der Waals surface area contributed by atoms with Crippen LogP contribution >= 0.6 is 11.6 Å². The Kier molecular flexibility index (Phi) is 5.98. The first-order valence-corrected chi connectivity index (χ1v) is 9.22. The van der Waals surface area contributed by atoms with Crippen molar-refractivity contribution in [1.82, 2.24) is 10.2 Å². The van der Waals surface area contributed by atoms with Gasteiger partial charge in [0.05, 0.1) is 11.6 Å². The molecule has 6 nitrogen and oxygen atoms in total. The van der Waals surface area contributed by atoms with Crippen LogP contribution in [0.1, 0.15) is 24.1 Å². The highest BCUT2D eigenvalue weighted by Gasteiger charge is 2.46. The molecule has 1 saturated heterocycles. The fourth-order valence-electron chi connectivity index (χ4n) is 3.25. The highest BCUT2D eigenvalue weighted by Crippen LogP contribution is 2.40. The molecule has 1 fully saturated rings. The molecule has 3 rings (SSSR count). The number of ketones is 1. The van der Waals surface area contributed by atoms with Gasteiger partial charge in [0.25, 0.3) is 11.7 Å². The number of aliphatic hydroxyl groups excluding tert-OH is 1. The highest BCUT2D eigenvalue weighted by molar-refractivity contribution is 6.46. The molecule has 0 saturated carbocycles. The van der Waals surface area contributed by atoms with E-state index in [1.165, 1.54) is 49.4 Å². The Balaban J connectivity index is 2.12. The summed E-state index contributed by atoms with van der Waals surface area (Å²) < 4.78 is 14.6. The van der Waals surface area contributed by atoms with Gasteiger partial charge in [0.2, 0.25) is 5.91 Å². The minimum absolute atomic E-state index is 0.0272. The fourth-order valence-corrected chi connectivity index (χ4v) is 3.37. The summed E-state index contributed by atoms with van der Waals surface area (Å²) in [7, 11) is 0. The first-order valence-electron chi connectivity index (χ1n) is 8.84. The van der Waals surface area contributed by atoms with Crippen molar-refractivity contribution in [3.05, 3.63) is 76.1 Å². The second-order valence-corrected chi connectivity index (χ2v) is 6.94. The zero-order valence-corrected chi connectivity index (χ0v) is 16.2.